The molecular formula is C29H34ClN7O2. The molecule has 4 aromatic rings. The third-order valence-corrected chi connectivity index (χ3v) is 7.06. The number of amides is 2. The van der Waals surface area contributed by atoms with Crippen molar-refractivity contribution >= 4 is 23.4 Å². The van der Waals surface area contributed by atoms with Crippen LogP contribution in [0.5, 0.6) is 0 Å². The van der Waals surface area contributed by atoms with Gasteiger partial charge in [0.1, 0.15) is 5.69 Å². The molecule has 9 nitrogen and oxygen atoms in total. The first-order valence-electron chi connectivity index (χ1n) is 12.8. The molecule has 0 aliphatic carbocycles. The van der Waals surface area contributed by atoms with Gasteiger partial charge in [-0.3, -0.25) is 19.6 Å². The molecule has 39 heavy (non-hydrogen) atoms. The Bertz CT molecular complexity index is 1420. The first-order valence-corrected chi connectivity index (χ1v) is 13.2. The van der Waals surface area contributed by atoms with Crippen LogP contribution in [0.15, 0.2) is 67.0 Å². The maximum absolute atomic E-state index is 12.9. The van der Waals surface area contributed by atoms with Gasteiger partial charge in [0.15, 0.2) is 0 Å². The van der Waals surface area contributed by atoms with E-state index in [9.17, 15) is 9.59 Å². The zero-order valence-electron chi connectivity index (χ0n) is 22.4. The minimum absolute atomic E-state index is 0.0638. The second-order valence-electron chi connectivity index (χ2n) is 9.52. The number of benzene rings is 2. The van der Waals surface area contributed by atoms with E-state index in [0.29, 0.717) is 30.4 Å². The van der Waals surface area contributed by atoms with Crippen molar-refractivity contribution < 1.29 is 9.59 Å². The fraction of sp³-hybridized carbons (Fsp3) is 0.276. The van der Waals surface area contributed by atoms with E-state index in [2.05, 4.69) is 20.5 Å². The van der Waals surface area contributed by atoms with Crippen molar-refractivity contribution in [2.75, 3.05) is 33.7 Å². The molecule has 2 heterocycles. The van der Waals surface area contributed by atoms with Crippen LogP contribution in [0.1, 0.15) is 34.6 Å². The summed E-state index contributed by atoms with van der Waals surface area (Å²) in [6.45, 7) is 3.76. The van der Waals surface area contributed by atoms with E-state index in [1.165, 1.54) is 0 Å². The van der Waals surface area contributed by atoms with Crippen LogP contribution in [-0.2, 0) is 11.3 Å². The van der Waals surface area contributed by atoms with E-state index < -0.39 is 0 Å². The van der Waals surface area contributed by atoms with Gasteiger partial charge in [-0.1, -0.05) is 54.1 Å². The summed E-state index contributed by atoms with van der Waals surface area (Å²) >= 11 is 6.65. The second kappa shape index (κ2) is 12.8. The van der Waals surface area contributed by atoms with Crippen molar-refractivity contribution in [2.24, 2.45) is 5.73 Å². The predicted octanol–water partition coefficient (Wildman–Crippen LogP) is 4.07. The molecule has 0 aliphatic rings. The molecule has 0 spiro atoms. The number of rotatable bonds is 11. The lowest BCUT2D eigenvalue weighted by Gasteiger charge is -2.21. The summed E-state index contributed by atoms with van der Waals surface area (Å²) in [6, 6.07) is 17.0. The molecular weight excluding hydrogens is 514 g/mol. The highest BCUT2D eigenvalue weighted by molar-refractivity contribution is 6.31. The summed E-state index contributed by atoms with van der Waals surface area (Å²) in [5, 5.41) is 10.9. The van der Waals surface area contributed by atoms with Crippen molar-refractivity contribution in [3.63, 3.8) is 0 Å². The van der Waals surface area contributed by atoms with Crippen molar-refractivity contribution in [3.8, 4) is 22.4 Å². The number of carbonyl (C=O) groups is 2. The normalized spacial score (nSPS) is 11.9. The summed E-state index contributed by atoms with van der Waals surface area (Å²) in [7, 11) is 3.69. The van der Waals surface area contributed by atoms with Crippen molar-refractivity contribution in [1.82, 2.24) is 30.3 Å². The Morgan fingerprint density at radius 1 is 1.10 bits per heavy atom. The fourth-order valence-corrected chi connectivity index (χ4v) is 4.55. The lowest BCUT2D eigenvalue weighted by molar-refractivity contribution is -0.130. The fourth-order valence-electron chi connectivity index (χ4n) is 4.31. The van der Waals surface area contributed by atoms with Crippen LogP contribution in [0, 0.1) is 0 Å². The zero-order chi connectivity index (χ0) is 27.9. The van der Waals surface area contributed by atoms with Crippen molar-refractivity contribution in [2.45, 2.75) is 19.5 Å². The van der Waals surface area contributed by atoms with Gasteiger partial charge in [0.2, 0.25) is 5.91 Å². The zero-order valence-corrected chi connectivity index (χ0v) is 23.1. The molecule has 5 N–H and O–H groups in total. The number of halogens is 1. The molecule has 2 aromatic carbocycles. The van der Waals surface area contributed by atoms with Crippen LogP contribution < -0.4 is 11.1 Å². The monoisotopic (exact) mass is 547 g/mol. The summed E-state index contributed by atoms with van der Waals surface area (Å²) in [5.41, 5.74) is 11.5. The number of nitrogens with two attached hydrogens (primary N) is 1. The SMILES string of the molecule is CCN(C)C(=O)CN(C)Cc1ccc(-c2cn[nH]c2-c2c[nH]c(C(=O)N[C@H](CN)c3ccccc3)c2)cc1Cl. The maximum Gasteiger partial charge on any atom is 0.268 e. The number of likely N-dealkylation sites (N-methyl/N-ethyl adjacent to an activating group) is 2. The van der Waals surface area contributed by atoms with Crippen LogP contribution in [0.2, 0.25) is 5.02 Å². The minimum Gasteiger partial charge on any atom is -0.357 e. The molecule has 4 rings (SSSR count). The highest BCUT2D eigenvalue weighted by atomic mass is 35.5. The Labute approximate surface area is 233 Å². The largest absolute Gasteiger partial charge is 0.357 e. The third-order valence-electron chi connectivity index (χ3n) is 6.71. The first-order chi connectivity index (χ1) is 18.8. The molecule has 2 aromatic heterocycles. The number of hydrogen-bond donors (Lipinski definition) is 4. The molecule has 0 aliphatic heterocycles. The number of H-pyrrole nitrogens is 2. The lowest BCUT2D eigenvalue weighted by atomic mass is 10.0. The molecule has 204 valence electrons. The lowest BCUT2D eigenvalue weighted by Crippen LogP contribution is -2.36. The van der Waals surface area contributed by atoms with E-state index >= 15 is 0 Å². The molecule has 10 heteroatoms. The Morgan fingerprint density at radius 3 is 2.56 bits per heavy atom. The molecule has 1 atom stereocenters. The number of nitrogens with zero attached hydrogens (tertiary/aromatic N) is 3. The molecule has 0 unspecified atom stereocenters. The van der Waals surface area contributed by atoms with E-state index in [1.807, 2.05) is 67.4 Å². The Balaban J connectivity index is 1.47. The Morgan fingerprint density at radius 2 is 1.87 bits per heavy atom. The number of hydrogen-bond acceptors (Lipinski definition) is 5. The summed E-state index contributed by atoms with van der Waals surface area (Å²) < 4.78 is 0. The van der Waals surface area contributed by atoms with Gasteiger partial charge in [-0.15, -0.1) is 0 Å². The quantitative estimate of drug-likeness (QED) is 0.225. The van der Waals surface area contributed by atoms with Gasteiger partial charge in [-0.2, -0.15) is 5.10 Å². The van der Waals surface area contributed by atoms with Gasteiger partial charge >= 0.3 is 0 Å². The van der Waals surface area contributed by atoms with Crippen LogP contribution >= 0.6 is 11.6 Å². The van der Waals surface area contributed by atoms with E-state index in [-0.39, 0.29) is 24.4 Å². The highest BCUT2D eigenvalue weighted by Crippen LogP contribution is 2.33. The summed E-state index contributed by atoms with van der Waals surface area (Å²) in [5.74, 6) is -0.185. The topological polar surface area (TPSA) is 123 Å². The highest BCUT2D eigenvalue weighted by Gasteiger charge is 2.19. The second-order valence-corrected chi connectivity index (χ2v) is 9.93. The average molecular weight is 548 g/mol. The Kier molecular flexibility index (Phi) is 9.19. The van der Waals surface area contributed by atoms with Gasteiger partial charge < -0.3 is 20.9 Å². The van der Waals surface area contributed by atoms with Gasteiger partial charge in [0.25, 0.3) is 5.91 Å². The van der Waals surface area contributed by atoms with Gasteiger partial charge in [0, 0.05) is 49.0 Å². The number of carbonyl (C=O) groups excluding carboxylic acids is 2. The summed E-state index contributed by atoms with van der Waals surface area (Å²) in [4.78, 5) is 31.9. The van der Waals surface area contributed by atoms with Gasteiger partial charge in [-0.25, -0.2) is 0 Å². The molecule has 0 fully saturated rings. The molecule has 0 saturated heterocycles. The predicted molar refractivity (Wildman–Crippen MR) is 154 cm³/mol. The van der Waals surface area contributed by atoms with E-state index in [0.717, 1.165) is 33.5 Å². The number of aromatic amines is 2. The molecule has 0 saturated carbocycles. The Hall–Kier alpha value is -3.92. The smallest absolute Gasteiger partial charge is 0.268 e. The van der Waals surface area contributed by atoms with Crippen LogP contribution in [0.25, 0.3) is 22.4 Å². The van der Waals surface area contributed by atoms with Crippen LogP contribution in [0.3, 0.4) is 0 Å². The van der Waals surface area contributed by atoms with Gasteiger partial charge in [-0.05, 0) is 42.8 Å². The van der Waals surface area contributed by atoms with E-state index in [4.69, 9.17) is 17.3 Å². The van der Waals surface area contributed by atoms with Crippen LogP contribution in [-0.4, -0.2) is 70.5 Å². The van der Waals surface area contributed by atoms with Crippen molar-refractivity contribution in [1.29, 1.82) is 0 Å². The standard InChI is InChI=1S/C29H34ClN7O2/c1-4-37(3)27(38)18-36(2)17-21-11-10-20(12-24(21)30)23-16-33-35-28(23)22-13-25(32-15-22)29(39)34-26(14-31)19-8-6-5-7-9-19/h5-13,15-16,26,32H,4,14,17-18,31H2,1-3H3,(H,33,35)(H,34,39)/t26-/m1/s1. The first kappa shape index (κ1) is 28.1. The third kappa shape index (κ3) is 6.75. The molecule has 2 amide bonds. The number of nitrogens with one attached hydrogen (secondary N) is 3. The van der Waals surface area contributed by atoms with Crippen molar-refractivity contribution in [3.05, 3.63) is 88.8 Å². The average Bonchev–Trinajstić information content (AvgIpc) is 3.63. The van der Waals surface area contributed by atoms with Crippen LogP contribution in [0.4, 0.5) is 0 Å². The maximum atomic E-state index is 12.9. The minimum atomic E-state index is -0.293. The summed E-state index contributed by atoms with van der Waals surface area (Å²) in [6.07, 6.45) is 3.50. The molecule has 0 bridgehead atoms. The van der Waals surface area contributed by atoms with E-state index in [1.54, 1.807) is 30.4 Å². The molecule has 0 radical (unpaired) electrons. The number of aromatic nitrogens is 3. The van der Waals surface area contributed by atoms with Gasteiger partial charge in [0.05, 0.1) is 24.5 Å².